The van der Waals surface area contributed by atoms with Gasteiger partial charge in [-0.05, 0) is 19.8 Å². The highest BCUT2D eigenvalue weighted by atomic mass is 16.3. The van der Waals surface area contributed by atoms with E-state index in [9.17, 15) is 9.90 Å². The van der Waals surface area contributed by atoms with Gasteiger partial charge in [0.1, 0.15) is 6.10 Å². The quantitative estimate of drug-likeness (QED) is 0.579. The van der Waals surface area contributed by atoms with Crippen LogP contribution in [0.1, 0.15) is 19.8 Å². The van der Waals surface area contributed by atoms with Crippen LogP contribution in [0.4, 0.5) is 0 Å². The Labute approximate surface area is 78.1 Å². The molecule has 0 aromatic rings. The van der Waals surface area contributed by atoms with Gasteiger partial charge in [-0.1, -0.05) is 23.8 Å². The molecule has 1 heterocycles. The molecule has 0 fully saturated rings. The summed E-state index contributed by atoms with van der Waals surface area (Å²) >= 11 is 0. The van der Waals surface area contributed by atoms with Crippen molar-refractivity contribution in [3.05, 3.63) is 23.8 Å². The molecule has 3 nitrogen and oxygen atoms in total. The molecular formula is C10H15NO2. The van der Waals surface area contributed by atoms with Crippen molar-refractivity contribution in [2.75, 3.05) is 6.54 Å². The van der Waals surface area contributed by atoms with Gasteiger partial charge in [-0.25, -0.2) is 0 Å². The van der Waals surface area contributed by atoms with Crippen molar-refractivity contribution < 1.29 is 9.90 Å². The van der Waals surface area contributed by atoms with Crippen LogP contribution < -0.4 is 5.32 Å². The van der Waals surface area contributed by atoms with Crippen molar-refractivity contribution in [2.24, 2.45) is 0 Å². The second-order valence-corrected chi connectivity index (χ2v) is 3.24. The van der Waals surface area contributed by atoms with Gasteiger partial charge in [-0.2, -0.15) is 0 Å². The summed E-state index contributed by atoms with van der Waals surface area (Å²) in [5.74, 6) is -0.278. The SMILES string of the molecule is C/C1=C/C=C\CNC(=O)C(O)CC1. The van der Waals surface area contributed by atoms with Gasteiger partial charge in [0.05, 0.1) is 0 Å². The smallest absolute Gasteiger partial charge is 0.249 e. The number of amides is 1. The van der Waals surface area contributed by atoms with E-state index in [2.05, 4.69) is 5.32 Å². The zero-order valence-corrected chi connectivity index (χ0v) is 7.79. The van der Waals surface area contributed by atoms with Crippen molar-refractivity contribution >= 4 is 5.91 Å². The van der Waals surface area contributed by atoms with Gasteiger partial charge in [0.25, 0.3) is 0 Å². The normalized spacial score (nSPS) is 31.4. The molecule has 3 heteroatoms. The third kappa shape index (κ3) is 3.42. The van der Waals surface area contributed by atoms with Gasteiger partial charge in [0.15, 0.2) is 0 Å². The van der Waals surface area contributed by atoms with E-state index in [0.717, 1.165) is 6.42 Å². The van der Waals surface area contributed by atoms with Gasteiger partial charge >= 0.3 is 0 Å². The number of rotatable bonds is 0. The molecule has 0 aromatic heterocycles. The molecule has 0 bridgehead atoms. The Kier molecular flexibility index (Phi) is 3.71. The molecule has 0 saturated carbocycles. The second-order valence-electron chi connectivity index (χ2n) is 3.24. The summed E-state index contributed by atoms with van der Waals surface area (Å²) in [6, 6.07) is 0. The fourth-order valence-corrected chi connectivity index (χ4v) is 1.16. The summed E-state index contributed by atoms with van der Waals surface area (Å²) in [4.78, 5) is 11.1. The van der Waals surface area contributed by atoms with Crippen LogP contribution in [0.3, 0.4) is 0 Å². The predicted octanol–water partition coefficient (Wildman–Crippen LogP) is 0.760. The number of aliphatic hydroxyl groups excluding tert-OH is 1. The van der Waals surface area contributed by atoms with Crippen molar-refractivity contribution in [1.82, 2.24) is 5.32 Å². The lowest BCUT2D eigenvalue weighted by Crippen LogP contribution is -2.34. The third-order valence-electron chi connectivity index (χ3n) is 2.03. The molecule has 1 rings (SSSR count). The fourth-order valence-electron chi connectivity index (χ4n) is 1.16. The zero-order valence-electron chi connectivity index (χ0n) is 7.79. The number of carbonyl (C=O) groups is 1. The third-order valence-corrected chi connectivity index (χ3v) is 2.03. The van der Waals surface area contributed by atoms with Crippen molar-refractivity contribution in [1.29, 1.82) is 0 Å². The van der Waals surface area contributed by atoms with Crippen molar-refractivity contribution in [2.45, 2.75) is 25.9 Å². The number of aliphatic hydroxyl groups is 1. The minimum absolute atomic E-state index is 0.278. The van der Waals surface area contributed by atoms with Crippen LogP contribution in [0.25, 0.3) is 0 Å². The second kappa shape index (κ2) is 4.82. The van der Waals surface area contributed by atoms with E-state index in [0.29, 0.717) is 13.0 Å². The Morgan fingerprint density at radius 2 is 2.38 bits per heavy atom. The Morgan fingerprint density at radius 3 is 3.15 bits per heavy atom. The summed E-state index contributed by atoms with van der Waals surface area (Å²) in [6.45, 7) is 2.48. The average molecular weight is 181 g/mol. The Balaban J connectivity index is 2.61. The van der Waals surface area contributed by atoms with Gasteiger partial charge in [0.2, 0.25) is 5.91 Å². The number of hydrogen-bond acceptors (Lipinski definition) is 2. The maximum atomic E-state index is 11.1. The van der Waals surface area contributed by atoms with E-state index in [1.165, 1.54) is 5.57 Å². The number of nitrogens with one attached hydrogen (secondary N) is 1. The predicted molar refractivity (Wildman–Crippen MR) is 51.1 cm³/mol. The molecule has 72 valence electrons. The molecule has 0 saturated heterocycles. The summed E-state index contributed by atoms with van der Waals surface area (Å²) in [5.41, 5.74) is 1.19. The van der Waals surface area contributed by atoms with E-state index in [-0.39, 0.29) is 5.91 Å². The van der Waals surface area contributed by atoms with Crippen molar-refractivity contribution in [3.63, 3.8) is 0 Å². The molecule has 0 aliphatic carbocycles. The first kappa shape index (κ1) is 9.99. The zero-order chi connectivity index (χ0) is 9.68. The summed E-state index contributed by atoms with van der Waals surface area (Å²) < 4.78 is 0. The number of carbonyl (C=O) groups excluding carboxylic acids is 1. The lowest BCUT2D eigenvalue weighted by molar-refractivity contribution is -0.129. The van der Waals surface area contributed by atoms with Gasteiger partial charge in [-0.15, -0.1) is 0 Å². The van der Waals surface area contributed by atoms with Gasteiger partial charge in [0, 0.05) is 6.54 Å². The molecule has 2 N–H and O–H groups in total. The molecule has 0 spiro atoms. The maximum absolute atomic E-state index is 11.1. The molecule has 1 atom stereocenters. The number of allylic oxidation sites excluding steroid dienone is 3. The summed E-state index contributed by atoms with van der Waals surface area (Å²) in [6.07, 6.45) is 6.19. The molecule has 0 aromatic carbocycles. The summed E-state index contributed by atoms with van der Waals surface area (Å²) in [7, 11) is 0. The molecule has 1 aliphatic rings. The molecular weight excluding hydrogens is 166 g/mol. The van der Waals surface area contributed by atoms with Crippen LogP contribution in [0.15, 0.2) is 23.8 Å². The Morgan fingerprint density at radius 1 is 1.62 bits per heavy atom. The lowest BCUT2D eigenvalue weighted by atomic mass is 10.1. The van der Waals surface area contributed by atoms with Crippen LogP contribution in [0.2, 0.25) is 0 Å². The van der Waals surface area contributed by atoms with E-state index in [1.54, 1.807) is 0 Å². The van der Waals surface area contributed by atoms with Gasteiger partial charge < -0.3 is 10.4 Å². The first-order chi connectivity index (χ1) is 6.20. The Hall–Kier alpha value is -1.09. The summed E-state index contributed by atoms with van der Waals surface area (Å²) in [5, 5.41) is 12.0. The highest BCUT2D eigenvalue weighted by Gasteiger charge is 2.13. The first-order valence-electron chi connectivity index (χ1n) is 4.48. The average Bonchev–Trinajstić information content (AvgIpc) is 2.12. The molecule has 0 radical (unpaired) electrons. The minimum Gasteiger partial charge on any atom is -0.383 e. The van der Waals surface area contributed by atoms with E-state index in [4.69, 9.17) is 0 Å². The highest BCUT2D eigenvalue weighted by Crippen LogP contribution is 2.07. The first-order valence-corrected chi connectivity index (χ1v) is 4.48. The van der Waals surface area contributed by atoms with Crippen LogP contribution in [0, 0.1) is 0 Å². The van der Waals surface area contributed by atoms with Crippen molar-refractivity contribution in [3.8, 4) is 0 Å². The standard InChI is InChI=1S/C10H15NO2/c1-8-4-2-3-7-11-10(13)9(12)6-5-8/h2-4,9,12H,5-7H2,1H3,(H,11,13)/b3-2-,8-4-. The largest absolute Gasteiger partial charge is 0.383 e. The molecule has 13 heavy (non-hydrogen) atoms. The fraction of sp³-hybridized carbons (Fsp3) is 0.500. The van der Waals surface area contributed by atoms with E-state index in [1.807, 2.05) is 25.2 Å². The monoisotopic (exact) mass is 181 g/mol. The van der Waals surface area contributed by atoms with Crippen LogP contribution >= 0.6 is 0 Å². The van der Waals surface area contributed by atoms with Crippen LogP contribution in [-0.4, -0.2) is 23.7 Å². The molecule has 1 amide bonds. The molecule has 1 aliphatic heterocycles. The lowest BCUT2D eigenvalue weighted by Gasteiger charge is -2.11. The van der Waals surface area contributed by atoms with E-state index < -0.39 is 6.10 Å². The molecule has 1 unspecified atom stereocenters. The number of hydrogen-bond donors (Lipinski definition) is 2. The van der Waals surface area contributed by atoms with E-state index >= 15 is 0 Å². The van der Waals surface area contributed by atoms with Gasteiger partial charge in [-0.3, -0.25) is 4.79 Å². The van der Waals surface area contributed by atoms with Crippen LogP contribution in [0.5, 0.6) is 0 Å². The highest BCUT2D eigenvalue weighted by molar-refractivity contribution is 5.80. The van der Waals surface area contributed by atoms with Crippen LogP contribution in [-0.2, 0) is 4.79 Å². The maximum Gasteiger partial charge on any atom is 0.249 e. The topological polar surface area (TPSA) is 49.3 Å². The Bertz CT molecular complexity index is 243. The minimum atomic E-state index is -0.866.